The Labute approximate surface area is 121 Å². The van der Waals surface area contributed by atoms with Gasteiger partial charge < -0.3 is 4.79 Å². The maximum Gasteiger partial charge on any atom is 0.226 e. The molecule has 0 aliphatic heterocycles. The normalized spacial score (nSPS) is 30.2. The minimum atomic E-state index is -0.504. The second-order valence-electron chi connectivity index (χ2n) is 6.41. The summed E-state index contributed by atoms with van der Waals surface area (Å²) < 4.78 is 7.57. The minimum Gasteiger partial charge on any atom is -0.307 e. The maximum atomic E-state index is 12.4. The van der Waals surface area contributed by atoms with E-state index in [1.54, 1.807) is 0 Å². The van der Waals surface area contributed by atoms with Gasteiger partial charge in [-0.2, -0.15) is 5.10 Å². The van der Waals surface area contributed by atoms with E-state index in [1.165, 1.54) is 13.0 Å². The number of aryl methyl sites for hydroxylation is 1. The lowest BCUT2D eigenvalue weighted by Gasteiger charge is -2.43. The van der Waals surface area contributed by atoms with Gasteiger partial charge in [-0.3, -0.25) is 4.68 Å². The lowest BCUT2D eigenvalue weighted by Crippen LogP contribution is -2.47. The Morgan fingerprint density at radius 1 is 1.55 bits per heavy atom. The molecule has 0 amide bonds. The maximum absolute atomic E-state index is 12.4. The Hall–Kier alpha value is -1.89. The average molecular weight is 273 g/mol. The Kier molecular flexibility index (Phi) is 2.66. The number of carbonyl (C=O) groups excluding carboxylic acids is 1. The summed E-state index contributed by atoms with van der Waals surface area (Å²) in [5.74, 6) is 0.163. The number of carbonyl (C=O) groups is 1. The van der Waals surface area contributed by atoms with Crippen LogP contribution in [0, 0.1) is 17.9 Å². The fourth-order valence-electron chi connectivity index (χ4n) is 3.83. The topological polar surface area (TPSA) is 39.2 Å². The molecule has 0 bridgehead atoms. The van der Waals surface area contributed by atoms with Crippen LogP contribution in [0.3, 0.4) is 0 Å². The van der Waals surface area contributed by atoms with Crippen LogP contribution in [0.1, 0.15) is 40.8 Å². The smallest absolute Gasteiger partial charge is 0.226 e. The van der Waals surface area contributed by atoms with Gasteiger partial charge in [0.25, 0.3) is 0 Å². The van der Waals surface area contributed by atoms with Crippen molar-refractivity contribution in [2.75, 3.05) is 0 Å². The summed E-state index contributed by atoms with van der Waals surface area (Å²) in [4.78, 5) is 15.8. The van der Waals surface area contributed by atoms with Crippen LogP contribution in [0.25, 0.3) is 4.85 Å². The van der Waals surface area contributed by atoms with Gasteiger partial charge in [0.2, 0.25) is 5.70 Å². The van der Waals surface area contributed by atoms with Crippen LogP contribution in [-0.2, 0) is 23.7 Å². The molecular formula is C16H21N3O. The third-order valence-corrected chi connectivity index (χ3v) is 4.81. The Morgan fingerprint density at radius 3 is 2.80 bits per heavy atom. The van der Waals surface area contributed by atoms with E-state index in [2.05, 4.69) is 16.9 Å². The molecule has 0 aromatic carbocycles. The van der Waals surface area contributed by atoms with E-state index in [9.17, 15) is 4.79 Å². The van der Waals surface area contributed by atoms with Crippen LogP contribution < -0.4 is 0 Å². The molecule has 0 saturated carbocycles. The summed E-state index contributed by atoms with van der Waals surface area (Å²) in [7, 11) is 3.16. The highest BCUT2D eigenvalue weighted by atomic mass is 16.1. The second kappa shape index (κ2) is 4.05. The Bertz CT molecular complexity index is 666. The molecule has 4 nitrogen and oxygen atoms in total. The fourth-order valence-corrected chi connectivity index (χ4v) is 3.83. The van der Waals surface area contributed by atoms with Gasteiger partial charge in [0.15, 0.2) is 5.78 Å². The molecule has 3 rings (SSSR count). The lowest BCUT2D eigenvalue weighted by atomic mass is 9.59. The number of allylic oxidation sites excluding steroid dienone is 2. The van der Waals surface area contributed by atoms with Gasteiger partial charge in [-0.05, 0) is 17.9 Å². The van der Waals surface area contributed by atoms with Crippen molar-refractivity contribution >= 4 is 5.78 Å². The molecule has 2 aliphatic rings. The van der Waals surface area contributed by atoms with Gasteiger partial charge in [-0.1, -0.05) is 34.2 Å². The van der Waals surface area contributed by atoms with Gasteiger partial charge in [0.1, 0.15) is 0 Å². The molecule has 1 aromatic heterocycles. The first-order valence-corrected chi connectivity index (χ1v) is 6.49. The number of nitrogens with zero attached hydrogens (tertiary/aromatic N) is 3. The molecule has 2 atom stereocenters. The molecule has 20 heavy (non-hydrogen) atoms. The van der Waals surface area contributed by atoms with E-state index < -0.39 is 5.41 Å². The van der Waals surface area contributed by atoms with E-state index in [0.717, 1.165) is 12.1 Å². The summed E-state index contributed by atoms with van der Waals surface area (Å²) in [5, 5.41) is 4.56. The lowest BCUT2D eigenvalue weighted by molar-refractivity contribution is -0.127. The quantitative estimate of drug-likeness (QED) is 0.682. The number of hydrogen-bond acceptors (Lipinski definition) is 2. The zero-order valence-electron chi connectivity index (χ0n) is 13.7. The van der Waals surface area contributed by atoms with Gasteiger partial charge >= 0.3 is 0 Å². The molecule has 1 aromatic rings. The van der Waals surface area contributed by atoms with Crippen LogP contribution >= 0.6 is 0 Å². The van der Waals surface area contributed by atoms with Crippen LogP contribution in [-0.4, -0.2) is 15.6 Å². The molecule has 0 N–H and O–H groups in total. The van der Waals surface area contributed by atoms with Crippen molar-refractivity contribution in [1.29, 1.82) is 0 Å². The molecule has 106 valence electrons. The Morgan fingerprint density at radius 2 is 2.20 bits per heavy atom. The summed E-state index contributed by atoms with van der Waals surface area (Å²) in [6.07, 6.45) is 4.74. The zero-order valence-corrected chi connectivity index (χ0v) is 12.7. The molecule has 0 fully saturated rings. The van der Waals surface area contributed by atoms with Crippen molar-refractivity contribution in [3.8, 4) is 0 Å². The molecule has 0 saturated heterocycles. The van der Waals surface area contributed by atoms with E-state index in [1.807, 2.05) is 37.8 Å². The molecule has 2 aliphatic carbocycles. The number of Topliss-reactive ketones (excluding diaryl/α,β-unsaturated/α-hetero) is 1. The number of ketones is 1. The number of hydrogen-bond donors (Lipinski definition) is 0. The first-order chi connectivity index (χ1) is 9.80. The van der Waals surface area contributed by atoms with Crippen molar-refractivity contribution in [1.82, 2.24) is 9.78 Å². The van der Waals surface area contributed by atoms with Crippen LogP contribution in [0.4, 0.5) is 0 Å². The van der Waals surface area contributed by atoms with Crippen molar-refractivity contribution < 1.29 is 6.17 Å². The van der Waals surface area contributed by atoms with Crippen molar-refractivity contribution in [3.05, 3.63) is 40.6 Å². The fraction of sp³-hybridized carbons (Fsp3) is 0.562. The van der Waals surface area contributed by atoms with Crippen LogP contribution in [0.15, 0.2) is 18.0 Å². The average Bonchev–Trinajstić information content (AvgIpc) is 2.94. The molecule has 0 spiro atoms. The van der Waals surface area contributed by atoms with E-state index >= 15 is 0 Å². The van der Waals surface area contributed by atoms with Crippen LogP contribution in [0.5, 0.6) is 0 Å². The monoisotopic (exact) mass is 273 g/mol. The van der Waals surface area contributed by atoms with E-state index in [-0.39, 0.29) is 22.8 Å². The molecule has 1 heterocycles. The van der Waals surface area contributed by atoms with Crippen molar-refractivity contribution in [2.24, 2.45) is 18.4 Å². The van der Waals surface area contributed by atoms with Gasteiger partial charge in [0.05, 0.1) is 12.3 Å². The second-order valence-corrected chi connectivity index (χ2v) is 6.41. The standard InChI is InChI=1S/C15H17N3O.CH4/c1-14(2)11-6-9-8-18(5)17-12(9)15(11,3)7-10(16-4)13(14)19;/h7-8,11H,6H2,1-3,5H3;1H4/t11-,15+;/m1./s1/i;1T. The summed E-state index contributed by atoms with van der Waals surface area (Å²) in [6.45, 7) is 13.3. The largest absolute Gasteiger partial charge is 0.307 e. The summed E-state index contributed by atoms with van der Waals surface area (Å²) in [5.41, 5.74) is 1.70. The highest BCUT2D eigenvalue weighted by molar-refractivity contribution is 6.02. The molecule has 4 heteroatoms. The zero-order chi connectivity index (χ0) is 16.0. The predicted octanol–water partition coefficient (Wildman–Crippen LogP) is 2.90. The highest BCUT2D eigenvalue weighted by Gasteiger charge is 2.56. The van der Waals surface area contributed by atoms with Gasteiger partial charge in [-0.25, -0.2) is 4.85 Å². The van der Waals surface area contributed by atoms with E-state index in [0.29, 0.717) is 0 Å². The molecule has 0 unspecified atom stereocenters. The van der Waals surface area contributed by atoms with Crippen molar-refractivity contribution in [2.45, 2.75) is 40.0 Å². The predicted molar refractivity (Wildman–Crippen MR) is 78.0 cm³/mol. The van der Waals surface area contributed by atoms with Crippen molar-refractivity contribution in [3.63, 3.8) is 0 Å². The third kappa shape index (κ3) is 1.53. The third-order valence-electron chi connectivity index (χ3n) is 4.81. The highest BCUT2D eigenvalue weighted by Crippen LogP contribution is 2.55. The molecule has 0 radical (unpaired) electrons. The van der Waals surface area contributed by atoms with Gasteiger partial charge in [0, 0.05) is 25.4 Å². The molecular weight excluding hydrogens is 250 g/mol. The minimum absolute atomic E-state index is 0.0282. The number of rotatable bonds is 0. The first-order valence-electron chi connectivity index (χ1n) is 7.49. The summed E-state index contributed by atoms with van der Waals surface area (Å²) in [6, 6.07) is 0. The van der Waals surface area contributed by atoms with E-state index in [4.69, 9.17) is 7.94 Å². The number of fused-ring (bicyclic) bond motifs is 3. The Balaban J connectivity index is 0.000000774. The number of aromatic nitrogens is 2. The summed E-state index contributed by atoms with van der Waals surface area (Å²) >= 11 is 0. The first kappa shape index (κ1) is 13.1. The van der Waals surface area contributed by atoms with Crippen LogP contribution in [0.2, 0.25) is 0 Å². The SMILES string of the molecule is [3H]C.[C-]#[N+]C1=C[C@]2(C)c3nn(C)cc3C[C@@H]2C(C)(C)C1=O. The van der Waals surface area contributed by atoms with Gasteiger partial charge in [-0.15, -0.1) is 0 Å².